The monoisotopic (exact) mass is 246 g/mol. The molecular formula is C9H4Cl2O2S. The fourth-order valence-corrected chi connectivity index (χ4v) is 2.86. The summed E-state index contributed by atoms with van der Waals surface area (Å²) in [7, 11) is -1.52. The van der Waals surface area contributed by atoms with Gasteiger partial charge in [-0.1, -0.05) is 35.3 Å². The number of hydrogen-bond acceptors (Lipinski definition) is 2. The molecule has 0 saturated carbocycles. The van der Waals surface area contributed by atoms with Crippen molar-refractivity contribution >= 4 is 39.8 Å². The molecular weight excluding hydrogens is 243 g/mol. The van der Waals surface area contributed by atoms with E-state index in [1.165, 1.54) is 0 Å². The maximum Gasteiger partial charge on any atom is 0.207 e. The second-order valence-electron chi connectivity index (χ2n) is 2.68. The first kappa shape index (κ1) is 9.90. The van der Waals surface area contributed by atoms with E-state index >= 15 is 0 Å². The average Bonchev–Trinajstić information content (AvgIpc) is 2.23. The molecule has 0 spiro atoms. The quantitative estimate of drug-likeness (QED) is 0.706. The minimum atomic E-state index is -1.52. The number of halogens is 2. The second kappa shape index (κ2) is 3.50. The number of hydrogen-bond donors (Lipinski definition) is 0. The zero-order valence-electron chi connectivity index (χ0n) is 6.79. The van der Waals surface area contributed by atoms with Crippen molar-refractivity contribution < 1.29 is 9.00 Å². The summed E-state index contributed by atoms with van der Waals surface area (Å²) in [4.78, 5) is 12.0. The molecule has 0 aliphatic carbocycles. The predicted molar refractivity (Wildman–Crippen MR) is 55.9 cm³/mol. The van der Waals surface area contributed by atoms with Gasteiger partial charge >= 0.3 is 0 Å². The Balaban J connectivity index is 2.73. The summed E-state index contributed by atoms with van der Waals surface area (Å²) in [5.41, 5.74) is 0.361. The summed E-state index contributed by atoms with van der Waals surface area (Å²) in [5, 5.41) is -0.149. The Bertz CT molecular complexity index is 436. The van der Waals surface area contributed by atoms with Gasteiger partial charge in [-0.25, -0.2) is 4.21 Å². The van der Waals surface area contributed by atoms with Gasteiger partial charge in [-0.3, -0.25) is 4.79 Å². The molecule has 14 heavy (non-hydrogen) atoms. The summed E-state index contributed by atoms with van der Waals surface area (Å²) in [6.45, 7) is 0. The Hall–Kier alpha value is -0.640. The van der Waals surface area contributed by atoms with Crippen molar-refractivity contribution in [1.29, 1.82) is 0 Å². The van der Waals surface area contributed by atoms with Gasteiger partial charge in [-0.05, 0) is 12.1 Å². The van der Waals surface area contributed by atoms with Gasteiger partial charge in [0.2, 0.25) is 5.78 Å². The normalized spacial score (nSPS) is 21.0. The lowest BCUT2D eigenvalue weighted by Crippen LogP contribution is -2.13. The number of carbonyl (C=O) groups is 1. The second-order valence-corrected chi connectivity index (χ2v) is 5.05. The van der Waals surface area contributed by atoms with Crippen molar-refractivity contribution in [2.45, 2.75) is 4.90 Å². The van der Waals surface area contributed by atoms with Crippen LogP contribution in [0.5, 0.6) is 0 Å². The largest absolute Gasteiger partial charge is 0.287 e. The highest BCUT2D eigenvalue weighted by atomic mass is 35.5. The highest BCUT2D eigenvalue weighted by Crippen LogP contribution is 2.33. The standard InChI is InChI=1S/C9H4Cl2O2S/c10-7-8(12)5-3-1-2-4-6(5)14(13)9(7)11/h1-4H. The number of fused-ring (bicyclic) bond motifs is 1. The Labute approximate surface area is 93.0 Å². The number of carbonyl (C=O) groups excluding carboxylic acids is 1. The molecule has 2 rings (SSSR count). The van der Waals surface area contributed by atoms with E-state index in [1.807, 2.05) is 0 Å². The molecule has 0 N–H and O–H groups in total. The lowest BCUT2D eigenvalue weighted by molar-refractivity contribution is 0.103. The Kier molecular flexibility index (Phi) is 2.47. The molecule has 1 atom stereocenters. The molecule has 0 saturated heterocycles. The van der Waals surface area contributed by atoms with Gasteiger partial charge in [0.1, 0.15) is 9.40 Å². The fraction of sp³-hybridized carbons (Fsp3) is 0. The highest BCUT2D eigenvalue weighted by molar-refractivity contribution is 7.91. The van der Waals surface area contributed by atoms with Crippen LogP contribution in [0.1, 0.15) is 10.4 Å². The minimum absolute atomic E-state index is 0.0876. The Morgan fingerprint density at radius 2 is 1.79 bits per heavy atom. The molecule has 0 radical (unpaired) electrons. The van der Waals surface area contributed by atoms with Crippen LogP contribution in [0.2, 0.25) is 0 Å². The lowest BCUT2D eigenvalue weighted by atomic mass is 10.1. The zero-order chi connectivity index (χ0) is 10.3. The summed E-state index contributed by atoms with van der Waals surface area (Å²) in [6.07, 6.45) is 0. The first-order valence-corrected chi connectivity index (χ1v) is 5.64. The van der Waals surface area contributed by atoms with Crippen LogP contribution in [-0.2, 0) is 10.8 Å². The van der Waals surface area contributed by atoms with E-state index in [2.05, 4.69) is 0 Å². The van der Waals surface area contributed by atoms with E-state index in [-0.39, 0.29) is 15.2 Å². The van der Waals surface area contributed by atoms with Crippen LogP contribution < -0.4 is 0 Å². The SMILES string of the molecule is O=C1C(Cl)=C(Cl)S(=O)c2ccccc21. The van der Waals surface area contributed by atoms with Crippen LogP contribution >= 0.6 is 23.2 Å². The predicted octanol–water partition coefficient (Wildman–Crippen LogP) is 2.64. The van der Waals surface area contributed by atoms with E-state index in [4.69, 9.17) is 23.2 Å². The van der Waals surface area contributed by atoms with E-state index in [0.717, 1.165) is 0 Å². The van der Waals surface area contributed by atoms with E-state index in [0.29, 0.717) is 10.5 Å². The molecule has 0 amide bonds. The van der Waals surface area contributed by atoms with Crippen molar-refractivity contribution in [3.8, 4) is 0 Å². The summed E-state index contributed by atoms with van der Waals surface area (Å²) in [5.74, 6) is -0.369. The first-order chi connectivity index (χ1) is 6.63. The fourth-order valence-electron chi connectivity index (χ4n) is 1.20. The molecule has 0 bridgehead atoms. The van der Waals surface area contributed by atoms with Gasteiger partial charge in [-0.15, -0.1) is 0 Å². The maximum absolute atomic E-state index is 11.7. The van der Waals surface area contributed by atoms with Gasteiger partial charge < -0.3 is 0 Å². The molecule has 1 aliphatic heterocycles. The molecule has 1 heterocycles. The van der Waals surface area contributed by atoms with E-state index < -0.39 is 10.8 Å². The molecule has 1 aromatic carbocycles. The van der Waals surface area contributed by atoms with Crippen LogP contribution in [0.25, 0.3) is 0 Å². The molecule has 1 aromatic rings. The van der Waals surface area contributed by atoms with E-state index in [1.54, 1.807) is 24.3 Å². The van der Waals surface area contributed by atoms with Crippen molar-refractivity contribution in [2.75, 3.05) is 0 Å². The third-order valence-electron chi connectivity index (χ3n) is 1.87. The van der Waals surface area contributed by atoms with Crippen LogP contribution in [0.4, 0.5) is 0 Å². The van der Waals surface area contributed by atoms with Gasteiger partial charge in [-0.2, -0.15) is 0 Å². The maximum atomic E-state index is 11.7. The number of Topliss-reactive ketones (excluding diaryl/α,β-unsaturated/α-hetero) is 1. The lowest BCUT2D eigenvalue weighted by Gasteiger charge is -2.13. The van der Waals surface area contributed by atoms with Gasteiger partial charge in [0, 0.05) is 5.56 Å². The number of ketones is 1. The zero-order valence-corrected chi connectivity index (χ0v) is 9.12. The number of rotatable bonds is 0. The summed E-state index contributed by atoms with van der Waals surface area (Å²) < 4.78 is 11.6. The molecule has 0 fully saturated rings. The molecule has 2 nitrogen and oxygen atoms in total. The third kappa shape index (κ3) is 1.32. The molecule has 1 aliphatic rings. The van der Waals surface area contributed by atoms with Crippen molar-refractivity contribution in [3.05, 3.63) is 39.2 Å². The van der Waals surface area contributed by atoms with Crippen molar-refractivity contribution in [3.63, 3.8) is 0 Å². The molecule has 0 aromatic heterocycles. The number of benzene rings is 1. The molecule has 5 heteroatoms. The summed E-state index contributed by atoms with van der Waals surface area (Å²) >= 11 is 11.3. The smallest absolute Gasteiger partial charge is 0.207 e. The topological polar surface area (TPSA) is 34.1 Å². The third-order valence-corrected chi connectivity index (χ3v) is 4.33. The van der Waals surface area contributed by atoms with Crippen LogP contribution in [0, 0.1) is 0 Å². The van der Waals surface area contributed by atoms with Crippen LogP contribution in [0.15, 0.2) is 38.6 Å². The van der Waals surface area contributed by atoms with Crippen molar-refractivity contribution in [2.24, 2.45) is 0 Å². The van der Waals surface area contributed by atoms with E-state index in [9.17, 15) is 9.00 Å². The Morgan fingerprint density at radius 3 is 2.50 bits per heavy atom. The van der Waals surface area contributed by atoms with Gasteiger partial charge in [0.15, 0.2) is 0 Å². The average molecular weight is 247 g/mol. The van der Waals surface area contributed by atoms with Crippen LogP contribution in [-0.4, -0.2) is 9.99 Å². The number of allylic oxidation sites excluding steroid dienone is 1. The summed E-state index contributed by atoms with van der Waals surface area (Å²) in [6, 6.07) is 6.58. The van der Waals surface area contributed by atoms with Gasteiger partial charge in [0.25, 0.3) is 0 Å². The van der Waals surface area contributed by atoms with Crippen LogP contribution in [0.3, 0.4) is 0 Å². The minimum Gasteiger partial charge on any atom is -0.287 e. The molecule has 72 valence electrons. The highest BCUT2D eigenvalue weighted by Gasteiger charge is 2.28. The first-order valence-electron chi connectivity index (χ1n) is 3.73. The van der Waals surface area contributed by atoms with Gasteiger partial charge in [0.05, 0.1) is 15.7 Å². The Morgan fingerprint density at radius 1 is 1.14 bits per heavy atom. The van der Waals surface area contributed by atoms with Crippen molar-refractivity contribution in [1.82, 2.24) is 0 Å². The molecule has 1 unspecified atom stereocenters.